The third-order valence-corrected chi connectivity index (χ3v) is 8.35. The number of hydrogen-bond donors (Lipinski definition) is 3. The summed E-state index contributed by atoms with van der Waals surface area (Å²) in [5, 5.41) is 16.2. The minimum Gasteiger partial charge on any atom is -0.494 e. The molecule has 1 aromatic carbocycles. The fourth-order valence-electron chi connectivity index (χ4n) is 7.42. The molecule has 0 aliphatic carbocycles. The van der Waals surface area contributed by atoms with Crippen LogP contribution in [0.5, 0.6) is 5.75 Å². The lowest BCUT2D eigenvalue weighted by Crippen LogP contribution is -2.61. The second-order valence-electron chi connectivity index (χ2n) is 13.6. The van der Waals surface area contributed by atoms with Gasteiger partial charge in [-0.2, -0.15) is 0 Å². The third kappa shape index (κ3) is 5.27. The molecule has 1 aromatic rings. The summed E-state index contributed by atoms with van der Waals surface area (Å²) in [5.74, 6) is -1.84. The van der Waals surface area contributed by atoms with E-state index in [1.54, 1.807) is 31.2 Å². The van der Waals surface area contributed by atoms with E-state index in [0.29, 0.717) is 30.9 Å². The van der Waals surface area contributed by atoms with Crippen molar-refractivity contribution in [2.45, 2.75) is 103 Å². The van der Waals surface area contributed by atoms with Gasteiger partial charge in [-0.15, -0.1) is 0 Å². The van der Waals surface area contributed by atoms with Gasteiger partial charge in [0.2, 0.25) is 17.7 Å². The molecule has 3 aliphatic rings. The highest BCUT2D eigenvalue weighted by Gasteiger charge is 2.78. The Bertz CT molecular complexity index is 1110. The average molecular weight is 544 g/mol. The molecule has 0 aromatic heterocycles. The van der Waals surface area contributed by atoms with Crippen LogP contribution in [0.1, 0.15) is 74.7 Å². The Hall–Kier alpha value is -2.65. The quantitative estimate of drug-likeness (QED) is 0.439. The first kappa shape index (κ1) is 29.3. The summed E-state index contributed by atoms with van der Waals surface area (Å²) in [6, 6.07) is 5.54. The minimum absolute atomic E-state index is 0.0268. The Balaban J connectivity index is 1.66. The summed E-state index contributed by atoms with van der Waals surface area (Å²) >= 11 is 0. The van der Waals surface area contributed by atoms with Crippen molar-refractivity contribution in [3.63, 3.8) is 0 Å². The molecular weight excluding hydrogens is 498 g/mol. The molecule has 3 saturated heterocycles. The molecule has 1 spiro atoms. The minimum atomic E-state index is -1.14. The first-order valence-corrected chi connectivity index (χ1v) is 14.1. The summed E-state index contributed by atoms with van der Waals surface area (Å²) in [6.45, 7) is 16.0. The standard InChI is InChI=1S/C30H45N3O6/c1-9-38-20-12-10-19(11-13-20)31-24(35)21-22-26(37)33(18(2)16-34)23(30(22)15-14-29(21,8)39-30)25(36)32-28(6,7)17-27(3,4)5/h10-13,18,21-23,34H,9,14-17H2,1-8H3,(H,31,35)(H,32,36)/t18-,21-,22+,23?,29+,30?/m1/s1. The Morgan fingerprint density at radius 1 is 1.15 bits per heavy atom. The first-order chi connectivity index (χ1) is 18.1. The number of carbonyl (C=O) groups excluding carboxylic acids is 3. The smallest absolute Gasteiger partial charge is 0.246 e. The van der Waals surface area contributed by atoms with E-state index >= 15 is 0 Å². The van der Waals surface area contributed by atoms with E-state index in [2.05, 4.69) is 31.4 Å². The van der Waals surface area contributed by atoms with Crippen LogP contribution in [0.4, 0.5) is 5.69 Å². The zero-order valence-corrected chi connectivity index (χ0v) is 24.6. The lowest BCUT2D eigenvalue weighted by Gasteiger charge is -2.39. The lowest BCUT2D eigenvalue weighted by atomic mass is 9.66. The number of anilines is 1. The number of fused-ring (bicyclic) bond motifs is 1. The molecule has 3 heterocycles. The van der Waals surface area contributed by atoms with E-state index in [1.165, 1.54) is 4.90 Å². The van der Waals surface area contributed by atoms with Crippen molar-refractivity contribution in [1.29, 1.82) is 0 Å². The van der Waals surface area contributed by atoms with Crippen molar-refractivity contribution in [3.05, 3.63) is 24.3 Å². The van der Waals surface area contributed by atoms with Gasteiger partial charge in [-0.25, -0.2) is 0 Å². The molecule has 6 atom stereocenters. The fraction of sp³-hybridized carbons (Fsp3) is 0.700. The van der Waals surface area contributed by atoms with Crippen molar-refractivity contribution in [3.8, 4) is 5.75 Å². The van der Waals surface area contributed by atoms with Crippen LogP contribution in [-0.4, -0.2) is 69.8 Å². The number of hydrogen-bond acceptors (Lipinski definition) is 6. The van der Waals surface area contributed by atoms with Crippen LogP contribution in [0.25, 0.3) is 0 Å². The van der Waals surface area contributed by atoms with Gasteiger partial charge in [0.05, 0.1) is 36.7 Å². The van der Waals surface area contributed by atoms with Gasteiger partial charge in [0, 0.05) is 11.2 Å². The summed E-state index contributed by atoms with van der Waals surface area (Å²) < 4.78 is 12.1. The molecule has 9 heteroatoms. The number of rotatable bonds is 9. The van der Waals surface area contributed by atoms with E-state index < -0.39 is 40.7 Å². The van der Waals surface area contributed by atoms with Crippen LogP contribution >= 0.6 is 0 Å². The Morgan fingerprint density at radius 2 is 1.79 bits per heavy atom. The van der Waals surface area contributed by atoms with Crippen molar-refractivity contribution in [1.82, 2.24) is 10.2 Å². The maximum absolute atomic E-state index is 14.1. The topological polar surface area (TPSA) is 117 Å². The SMILES string of the molecule is CCOc1ccc(NC(=O)[C@H]2[C@H]3C(=O)N([C@H](C)CO)C(C(=O)NC(C)(C)CC(C)(C)C)C34CC[C@]2(C)O4)cc1. The number of amides is 3. The van der Waals surface area contributed by atoms with Crippen molar-refractivity contribution >= 4 is 23.4 Å². The van der Waals surface area contributed by atoms with Gasteiger partial charge >= 0.3 is 0 Å². The largest absolute Gasteiger partial charge is 0.494 e. The number of aliphatic hydroxyl groups is 1. The zero-order chi connectivity index (χ0) is 29.0. The molecule has 2 unspecified atom stereocenters. The van der Waals surface area contributed by atoms with Gasteiger partial charge in [0.25, 0.3) is 0 Å². The number of aliphatic hydroxyl groups excluding tert-OH is 1. The Morgan fingerprint density at radius 3 is 2.36 bits per heavy atom. The predicted octanol–water partition coefficient (Wildman–Crippen LogP) is 3.50. The van der Waals surface area contributed by atoms with E-state index in [4.69, 9.17) is 9.47 Å². The van der Waals surface area contributed by atoms with Crippen LogP contribution in [0.15, 0.2) is 24.3 Å². The van der Waals surface area contributed by atoms with Gasteiger partial charge in [-0.1, -0.05) is 20.8 Å². The monoisotopic (exact) mass is 543 g/mol. The summed E-state index contributed by atoms with van der Waals surface area (Å²) in [6.07, 6.45) is 1.76. The number of nitrogens with zero attached hydrogens (tertiary/aromatic N) is 1. The highest BCUT2D eigenvalue weighted by molar-refractivity contribution is 6.02. The molecule has 216 valence electrons. The summed E-state index contributed by atoms with van der Waals surface area (Å²) in [5.41, 5.74) is -2.00. The van der Waals surface area contributed by atoms with Crippen LogP contribution in [-0.2, 0) is 19.1 Å². The van der Waals surface area contributed by atoms with Gasteiger partial charge in [-0.3, -0.25) is 14.4 Å². The Labute approximate surface area is 232 Å². The average Bonchev–Trinajstić information content (AvgIpc) is 3.38. The molecule has 0 saturated carbocycles. The van der Waals surface area contributed by atoms with Crippen LogP contribution in [0.2, 0.25) is 0 Å². The highest BCUT2D eigenvalue weighted by atomic mass is 16.5. The Kier molecular flexibility index (Phi) is 7.58. The van der Waals surface area contributed by atoms with Gasteiger partial charge < -0.3 is 30.1 Å². The molecule has 0 radical (unpaired) electrons. The fourth-order valence-corrected chi connectivity index (χ4v) is 7.42. The second-order valence-corrected chi connectivity index (χ2v) is 13.6. The molecule has 3 N–H and O–H groups in total. The van der Waals surface area contributed by atoms with Crippen molar-refractivity contribution < 1.29 is 29.0 Å². The predicted molar refractivity (Wildman–Crippen MR) is 148 cm³/mol. The molecule has 2 bridgehead atoms. The zero-order valence-electron chi connectivity index (χ0n) is 24.6. The molecule has 3 amide bonds. The van der Waals surface area contributed by atoms with Crippen LogP contribution in [0.3, 0.4) is 0 Å². The molecule has 3 fully saturated rings. The van der Waals surface area contributed by atoms with Gasteiger partial charge in [0.15, 0.2) is 0 Å². The normalized spacial score (nSPS) is 30.7. The van der Waals surface area contributed by atoms with Gasteiger partial charge in [-0.05, 0) is 83.6 Å². The van der Waals surface area contributed by atoms with E-state index in [9.17, 15) is 19.5 Å². The maximum atomic E-state index is 14.1. The van der Waals surface area contributed by atoms with E-state index in [1.807, 2.05) is 27.7 Å². The van der Waals surface area contributed by atoms with Crippen molar-refractivity contribution in [2.24, 2.45) is 17.3 Å². The maximum Gasteiger partial charge on any atom is 0.246 e. The van der Waals surface area contributed by atoms with Crippen LogP contribution < -0.4 is 15.4 Å². The number of likely N-dealkylation sites (tertiary alicyclic amines) is 1. The number of nitrogens with one attached hydrogen (secondary N) is 2. The molecule has 9 nitrogen and oxygen atoms in total. The molecular formula is C30H45N3O6. The number of benzene rings is 1. The highest BCUT2D eigenvalue weighted by Crippen LogP contribution is 2.63. The summed E-state index contributed by atoms with van der Waals surface area (Å²) in [7, 11) is 0. The van der Waals surface area contributed by atoms with E-state index in [0.717, 1.165) is 6.42 Å². The molecule has 4 rings (SSSR count). The molecule has 3 aliphatic heterocycles. The van der Waals surface area contributed by atoms with Gasteiger partial charge in [0.1, 0.15) is 17.4 Å². The summed E-state index contributed by atoms with van der Waals surface area (Å²) in [4.78, 5) is 43.3. The van der Waals surface area contributed by atoms with Crippen LogP contribution in [0, 0.1) is 17.3 Å². The number of ether oxygens (including phenoxy) is 2. The lowest BCUT2D eigenvalue weighted by molar-refractivity contribution is -0.149. The first-order valence-electron chi connectivity index (χ1n) is 14.1. The molecule has 39 heavy (non-hydrogen) atoms. The van der Waals surface area contributed by atoms with Crippen molar-refractivity contribution in [2.75, 3.05) is 18.5 Å². The second kappa shape index (κ2) is 10.1. The third-order valence-electron chi connectivity index (χ3n) is 8.35. The van der Waals surface area contributed by atoms with E-state index in [-0.39, 0.29) is 29.7 Å². The number of carbonyl (C=O) groups is 3.